The molecular weight excluding hydrogens is 221 g/mol. The Hall–Kier alpha value is -1.61. The summed E-state index contributed by atoms with van der Waals surface area (Å²) in [5, 5.41) is 8.66. The molecule has 0 saturated heterocycles. The molecule has 86 valence electrons. The molecule has 1 heterocycles. The van der Waals surface area contributed by atoms with E-state index in [2.05, 4.69) is 4.98 Å². The molecule has 0 atom stereocenters. The minimum absolute atomic E-state index is 0.0182. The van der Waals surface area contributed by atoms with Crippen molar-refractivity contribution in [3.63, 3.8) is 0 Å². The fraction of sp³-hybridized carbons (Fsp3) is 0.400. The fourth-order valence-electron chi connectivity index (χ4n) is 1.31. The van der Waals surface area contributed by atoms with E-state index in [0.717, 1.165) is 0 Å². The van der Waals surface area contributed by atoms with Gasteiger partial charge in [-0.15, -0.1) is 0 Å². The van der Waals surface area contributed by atoms with E-state index in [1.807, 2.05) is 0 Å². The third-order valence-electron chi connectivity index (χ3n) is 1.94. The second-order valence-corrected chi connectivity index (χ2v) is 3.20. The third-order valence-corrected chi connectivity index (χ3v) is 1.94. The fourth-order valence-corrected chi connectivity index (χ4v) is 1.31. The Bertz CT molecular complexity index is 435. The number of nitriles is 1. The van der Waals surface area contributed by atoms with E-state index in [9.17, 15) is 13.2 Å². The van der Waals surface area contributed by atoms with Gasteiger partial charge in [-0.2, -0.15) is 18.4 Å². The molecule has 0 unspecified atom stereocenters. The van der Waals surface area contributed by atoms with Crippen LogP contribution in [0.1, 0.15) is 22.5 Å². The molecule has 0 aromatic carbocycles. The Morgan fingerprint density at radius 3 is 2.56 bits per heavy atom. The van der Waals surface area contributed by atoms with Crippen LogP contribution in [-0.2, 0) is 17.5 Å². The molecule has 0 fully saturated rings. The SMILES string of the molecule is COCc1cc(C)c(C#N)c(C(F)(F)F)n1. The van der Waals surface area contributed by atoms with E-state index in [4.69, 9.17) is 10.00 Å². The Morgan fingerprint density at radius 1 is 1.50 bits per heavy atom. The summed E-state index contributed by atoms with van der Waals surface area (Å²) in [4.78, 5) is 3.39. The van der Waals surface area contributed by atoms with Crippen LogP contribution < -0.4 is 0 Å². The van der Waals surface area contributed by atoms with E-state index in [1.54, 1.807) is 0 Å². The van der Waals surface area contributed by atoms with E-state index < -0.39 is 17.4 Å². The number of nitrogens with zero attached hydrogens (tertiary/aromatic N) is 2. The minimum Gasteiger partial charge on any atom is -0.378 e. The van der Waals surface area contributed by atoms with Gasteiger partial charge in [0, 0.05) is 7.11 Å². The zero-order valence-corrected chi connectivity index (χ0v) is 8.72. The summed E-state index contributed by atoms with van der Waals surface area (Å²) in [6.45, 7) is 1.42. The topological polar surface area (TPSA) is 45.9 Å². The molecule has 16 heavy (non-hydrogen) atoms. The second kappa shape index (κ2) is 4.49. The van der Waals surface area contributed by atoms with Gasteiger partial charge in [-0.05, 0) is 18.6 Å². The first-order chi connectivity index (χ1) is 7.40. The zero-order valence-electron chi connectivity index (χ0n) is 8.72. The minimum atomic E-state index is -4.63. The Kier molecular flexibility index (Phi) is 3.50. The molecule has 1 aromatic heterocycles. The van der Waals surface area contributed by atoms with Crippen LogP contribution in [-0.4, -0.2) is 12.1 Å². The van der Waals surface area contributed by atoms with Crippen molar-refractivity contribution >= 4 is 0 Å². The van der Waals surface area contributed by atoms with Crippen molar-refractivity contribution in [2.45, 2.75) is 19.7 Å². The zero-order chi connectivity index (χ0) is 12.3. The van der Waals surface area contributed by atoms with Gasteiger partial charge in [0.25, 0.3) is 0 Å². The van der Waals surface area contributed by atoms with Crippen LogP contribution in [0.5, 0.6) is 0 Å². The van der Waals surface area contributed by atoms with Crippen LogP contribution in [0.4, 0.5) is 13.2 Å². The molecule has 1 rings (SSSR count). The summed E-state index contributed by atoms with van der Waals surface area (Å²) in [6.07, 6.45) is -4.63. The van der Waals surface area contributed by atoms with Crippen molar-refractivity contribution in [2.75, 3.05) is 7.11 Å². The quantitative estimate of drug-likeness (QED) is 0.783. The number of rotatable bonds is 2. The molecule has 0 saturated carbocycles. The first kappa shape index (κ1) is 12.5. The first-order valence-corrected chi connectivity index (χ1v) is 4.37. The van der Waals surface area contributed by atoms with Crippen molar-refractivity contribution in [2.24, 2.45) is 0 Å². The first-order valence-electron chi connectivity index (χ1n) is 4.37. The van der Waals surface area contributed by atoms with Gasteiger partial charge in [0.15, 0.2) is 5.69 Å². The number of hydrogen-bond acceptors (Lipinski definition) is 3. The van der Waals surface area contributed by atoms with Gasteiger partial charge in [0.1, 0.15) is 6.07 Å². The number of aryl methyl sites for hydroxylation is 1. The lowest BCUT2D eigenvalue weighted by Crippen LogP contribution is -2.14. The lowest BCUT2D eigenvalue weighted by molar-refractivity contribution is -0.141. The van der Waals surface area contributed by atoms with Gasteiger partial charge in [-0.3, -0.25) is 0 Å². The highest BCUT2D eigenvalue weighted by molar-refractivity contribution is 5.42. The lowest BCUT2D eigenvalue weighted by atomic mass is 10.1. The number of aromatic nitrogens is 1. The summed E-state index contributed by atoms with van der Waals surface area (Å²) >= 11 is 0. The van der Waals surface area contributed by atoms with Crippen molar-refractivity contribution in [1.29, 1.82) is 5.26 Å². The molecule has 3 nitrogen and oxygen atoms in total. The Labute approximate surface area is 90.5 Å². The van der Waals surface area contributed by atoms with Gasteiger partial charge in [-0.1, -0.05) is 0 Å². The van der Waals surface area contributed by atoms with Crippen LogP contribution in [0.2, 0.25) is 0 Å². The van der Waals surface area contributed by atoms with Crippen LogP contribution in [0, 0.1) is 18.3 Å². The number of methoxy groups -OCH3 is 1. The highest BCUT2D eigenvalue weighted by Gasteiger charge is 2.36. The van der Waals surface area contributed by atoms with Gasteiger partial charge in [-0.25, -0.2) is 4.98 Å². The van der Waals surface area contributed by atoms with E-state index in [0.29, 0.717) is 0 Å². The van der Waals surface area contributed by atoms with Crippen LogP contribution in [0.25, 0.3) is 0 Å². The largest absolute Gasteiger partial charge is 0.434 e. The van der Waals surface area contributed by atoms with E-state index >= 15 is 0 Å². The molecule has 0 aliphatic heterocycles. The number of ether oxygens (including phenoxy) is 1. The van der Waals surface area contributed by atoms with Crippen molar-refractivity contribution in [3.8, 4) is 6.07 Å². The maximum atomic E-state index is 12.6. The van der Waals surface area contributed by atoms with Gasteiger partial charge < -0.3 is 4.74 Å². The second-order valence-electron chi connectivity index (χ2n) is 3.20. The molecule has 0 N–H and O–H groups in total. The molecule has 6 heteroatoms. The molecule has 0 aliphatic carbocycles. The van der Waals surface area contributed by atoms with Crippen molar-refractivity contribution < 1.29 is 17.9 Å². The summed E-state index contributed by atoms with van der Waals surface area (Å²) in [5.74, 6) is 0. The predicted octanol–water partition coefficient (Wildman–Crippen LogP) is 2.43. The van der Waals surface area contributed by atoms with Crippen molar-refractivity contribution in [1.82, 2.24) is 4.98 Å². The van der Waals surface area contributed by atoms with Crippen molar-refractivity contribution in [3.05, 3.63) is 28.6 Å². The van der Waals surface area contributed by atoms with Crippen LogP contribution in [0.15, 0.2) is 6.07 Å². The normalized spacial score (nSPS) is 11.2. The summed E-state index contributed by atoms with van der Waals surface area (Å²) in [5.41, 5.74) is -1.18. The summed E-state index contributed by atoms with van der Waals surface area (Å²) in [7, 11) is 1.36. The van der Waals surface area contributed by atoms with Crippen LogP contribution >= 0.6 is 0 Å². The number of halogens is 3. The highest BCUT2D eigenvalue weighted by Crippen LogP contribution is 2.31. The molecule has 0 aliphatic rings. The maximum absolute atomic E-state index is 12.6. The van der Waals surface area contributed by atoms with Crippen LogP contribution in [0.3, 0.4) is 0 Å². The number of alkyl halides is 3. The summed E-state index contributed by atoms with van der Waals surface area (Å²) in [6, 6.07) is 2.93. The van der Waals surface area contributed by atoms with Gasteiger partial charge in [0.2, 0.25) is 0 Å². The maximum Gasteiger partial charge on any atom is 0.434 e. The molecular formula is C10H9F3N2O. The molecule has 0 spiro atoms. The smallest absolute Gasteiger partial charge is 0.378 e. The average Bonchev–Trinajstić information content (AvgIpc) is 2.16. The average molecular weight is 230 g/mol. The predicted molar refractivity (Wildman–Crippen MR) is 49.4 cm³/mol. The number of hydrogen-bond donors (Lipinski definition) is 0. The lowest BCUT2D eigenvalue weighted by Gasteiger charge is -2.11. The Balaban J connectivity index is 3.39. The Morgan fingerprint density at radius 2 is 2.12 bits per heavy atom. The molecule has 1 aromatic rings. The monoisotopic (exact) mass is 230 g/mol. The van der Waals surface area contributed by atoms with E-state index in [1.165, 1.54) is 26.2 Å². The molecule has 0 radical (unpaired) electrons. The van der Waals surface area contributed by atoms with Gasteiger partial charge >= 0.3 is 6.18 Å². The highest BCUT2D eigenvalue weighted by atomic mass is 19.4. The summed E-state index contributed by atoms with van der Waals surface area (Å²) < 4.78 is 42.5. The third kappa shape index (κ3) is 2.49. The van der Waals surface area contributed by atoms with E-state index in [-0.39, 0.29) is 17.9 Å². The standard InChI is InChI=1S/C10H9F3N2O/c1-6-3-7(5-16-2)15-9(8(6)4-14)10(11,12)13/h3H,5H2,1-2H3. The molecule has 0 amide bonds. The molecule has 0 bridgehead atoms. The van der Waals surface area contributed by atoms with Gasteiger partial charge in [0.05, 0.1) is 17.9 Å². The number of pyridine rings is 1.